The van der Waals surface area contributed by atoms with E-state index in [0.717, 1.165) is 12.2 Å². The summed E-state index contributed by atoms with van der Waals surface area (Å²) in [6, 6.07) is 0. The van der Waals surface area contributed by atoms with Crippen molar-refractivity contribution in [3.8, 4) is 5.75 Å². The molecular formula is C12H13Cl5O2S. The van der Waals surface area contributed by atoms with Gasteiger partial charge in [0.1, 0.15) is 16.7 Å². The summed E-state index contributed by atoms with van der Waals surface area (Å²) in [6.45, 7) is 2.12. The Hall–Kier alpha value is 0.780. The zero-order chi connectivity index (χ0) is 15.3. The van der Waals surface area contributed by atoms with Gasteiger partial charge in [-0.2, -0.15) is 11.8 Å². The van der Waals surface area contributed by atoms with Gasteiger partial charge in [-0.15, -0.1) is 0 Å². The second-order valence-corrected chi connectivity index (χ2v) is 6.98. The van der Waals surface area contributed by atoms with Gasteiger partial charge in [-0.3, -0.25) is 0 Å². The predicted molar refractivity (Wildman–Crippen MR) is 90.6 cm³/mol. The third-order valence-corrected chi connectivity index (χ3v) is 5.81. The van der Waals surface area contributed by atoms with Crippen LogP contribution in [0, 0.1) is 0 Å². The Labute approximate surface area is 147 Å². The van der Waals surface area contributed by atoms with E-state index in [0.29, 0.717) is 5.75 Å². The average molecular weight is 399 g/mol. The third kappa shape index (κ3) is 4.91. The fourth-order valence-electron chi connectivity index (χ4n) is 1.30. The van der Waals surface area contributed by atoms with Crippen LogP contribution in [0.3, 0.4) is 0 Å². The van der Waals surface area contributed by atoms with E-state index in [4.69, 9.17) is 62.7 Å². The molecule has 1 rings (SSSR count). The van der Waals surface area contributed by atoms with Gasteiger partial charge in [0, 0.05) is 5.75 Å². The molecule has 0 amide bonds. The van der Waals surface area contributed by atoms with Crippen LogP contribution >= 0.6 is 69.8 Å². The van der Waals surface area contributed by atoms with Crippen LogP contribution in [0.4, 0.5) is 0 Å². The molecule has 1 aromatic carbocycles. The summed E-state index contributed by atoms with van der Waals surface area (Å²) in [6.07, 6.45) is 0.421. The lowest BCUT2D eigenvalue weighted by molar-refractivity contribution is 0.126. The zero-order valence-electron chi connectivity index (χ0n) is 10.6. The van der Waals surface area contributed by atoms with Crippen molar-refractivity contribution in [1.29, 1.82) is 0 Å². The number of benzene rings is 1. The molecule has 0 saturated heterocycles. The van der Waals surface area contributed by atoms with Gasteiger partial charge in [-0.05, 0) is 12.2 Å². The lowest BCUT2D eigenvalue weighted by Crippen LogP contribution is -2.20. The normalized spacial score (nSPS) is 12.6. The number of aliphatic hydroxyl groups excluding tert-OH is 1. The van der Waals surface area contributed by atoms with Gasteiger partial charge in [-0.1, -0.05) is 64.9 Å². The summed E-state index contributed by atoms with van der Waals surface area (Å²) < 4.78 is 5.42. The molecule has 0 aliphatic carbocycles. The van der Waals surface area contributed by atoms with Crippen LogP contribution < -0.4 is 4.74 Å². The molecule has 114 valence electrons. The Bertz CT molecular complexity index is 441. The number of halogens is 5. The van der Waals surface area contributed by atoms with E-state index in [1.54, 1.807) is 11.8 Å². The van der Waals surface area contributed by atoms with E-state index < -0.39 is 6.10 Å². The summed E-state index contributed by atoms with van der Waals surface area (Å²) in [5.41, 5.74) is 0. The van der Waals surface area contributed by atoms with Crippen molar-refractivity contribution in [1.82, 2.24) is 0 Å². The molecule has 0 radical (unpaired) electrons. The number of ether oxygens (including phenoxy) is 1. The molecular weight excluding hydrogens is 385 g/mol. The second-order valence-electron chi connectivity index (χ2n) is 3.94. The molecule has 1 aromatic rings. The van der Waals surface area contributed by atoms with Gasteiger partial charge < -0.3 is 9.84 Å². The monoisotopic (exact) mass is 396 g/mol. The summed E-state index contributed by atoms with van der Waals surface area (Å²) in [5.74, 6) is 1.68. The Balaban J connectivity index is 2.73. The molecule has 1 atom stereocenters. The van der Waals surface area contributed by atoms with Gasteiger partial charge >= 0.3 is 0 Å². The van der Waals surface area contributed by atoms with Crippen LogP contribution in [-0.2, 0) is 0 Å². The molecule has 8 heteroatoms. The fraction of sp³-hybridized carbons (Fsp3) is 0.500. The molecule has 0 spiro atoms. The maximum atomic E-state index is 9.79. The Kier molecular flexibility index (Phi) is 8.51. The lowest BCUT2D eigenvalue weighted by atomic mass is 10.3. The maximum absolute atomic E-state index is 9.79. The summed E-state index contributed by atoms with van der Waals surface area (Å²) >= 11 is 31.4. The van der Waals surface area contributed by atoms with E-state index in [1.165, 1.54) is 0 Å². The van der Waals surface area contributed by atoms with E-state index in [9.17, 15) is 5.11 Å². The number of rotatable bonds is 7. The Morgan fingerprint density at radius 3 is 2.00 bits per heavy atom. The van der Waals surface area contributed by atoms with Crippen molar-refractivity contribution >= 4 is 69.8 Å². The van der Waals surface area contributed by atoms with E-state index in [1.807, 2.05) is 0 Å². The van der Waals surface area contributed by atoms with Crippen LogP contribution in [0.15, 0.2) is 0 Å². The quantitative estimate of drug-likeness (QED) is 0.356. The molecule has 0 fully saturated rings. The van der Waals surface area contributed by atoms with Crippen LogP contribution in [0.25, 0.3) is 0 Å². The summed E-state index contributed by atoms with van der Waals surface area (Å²) in [4.78, 5) is 0. The van der Waals surface area contributed by atoms with Crippen molar-refractivity contribution in [2.45, 2.75) is 19.4 Å². The first-order valence-electron chi connectivity index (χ1n) is 5.80. The largest absolute Gasteiger partial charge is 0.488 e. The minimum atomic E-state index is -0.632. The molecule has 0 aromatic heterocycles. The zero-order valence-corrected chi connectivity index (χ0v) is 15.2. The van der Waals surface area contributed by atoms with Crippen molar-refractivity contribution in [3.05, 3.63) is 25.1 Å². The number of hydrogen-bond acceptors (Lipinski definition) is 3. The Morgan fingerprint density at radius 2 is 1.50 bits per heavy atom. The van der Waals surface area contributed by atoms with Crippen molar-refractivity contribution in [2.75, 3.05) is 18.1 Å². The molecule has 0 heterocycles. The van der Waals surface area contributed by atoms with Crippen molar-refractivity contribution < 1.29 is 9.84 Å². The molecule has 1 N–H and O–H groups in total. The number of aliphatic hydroxyl groups is 1. The molecule has 1 unspecified atom stereocenters. The molecule has 0 bridgehead atoms. The molecule has 0 saturated carbocycles. The van der Waals surface area contributed by atoms with Crippen molar-refractivity contribution in [3.63, 3.8) is 0 Å². The van der Waals surface area contributed by atoms with Crippen molar-refractivity contribution in [2.24, 2.45) is 0 Å². The molecule has 0 aliphatic heterocycles. The van der Waals surface area contributed by atoms with Gasteiger partial charge in [0.05, 0.1) is 21.2 Å². The first kappa shape index (κ1) is 18.8. The molecule has 2 nitrogen and oxygen atoms in total. The first-order chi connectivity index (χ1) is 9.40. The van der Waals surface area contributed by atoms with Crippen LogP contribution in [0.5, 0.6) is 5.75 Å². The van der Waals surface area contributed by atoms with Gasteiger partial charge in [-0.25, -0.2) is 0 Å². The highest BCUT2D eigenvalue weighted by molar-refractivity contribution is 7.99. The SMILES string of the molecule is CCCSCC(O)COc1c(Cl)c(Cl)c(Cl)c(Cl)c1Cl. The van der Waals surface area contributed by atoms with Crippen LogP contribution in [-0.4, -0.2) is 29.3 Å². The first-order valence-corrected chi connectivity index (χ1v) is 8.84. The number of thioether (sulfide) groups is 1. The summed E-state index contributed by atoms with van der Waals surface area (Å²) in [7, 11) is 0. The molecule has 20 heavy (non-hydrogen) atoms. The lowest BCUT2D eigenvalue weighted by Gasteiger charge is -2.16. The van der Waals surface area contributed by atoms with Crippen LogP contribution in [0.1, 0.15) is 13.3 Å². The highest BCUT2D eigenvalue weighted by Gasteiger charge is 2.21. The maximum Gasteiger partial charge on any atom is 0.159 e. The topological polar surface area (TPSA) is 29.5 Å². The van der Waals surface area contributed by atoms with Crippen LogP contribution in [0.2, 0.25) is 25.1 Å². The van der Waals surface area contributed by atoms with E-state index >= 15 is 0 Å². The predicted octanol–water partition coefficient (Wildman–Crippen LogP) is 5.84. The van der Waals surface area contributed by atoms with E-state index in [-0.39, 0.29) is 37.5 Å². The van der Waals surface area contributed by atoms with E-state index in [2.05, 4.69) is 6.92 Å². The highest BCUT2D eigenvalue weighted by Crippen LogP contribution is 2.48. The third-order valence-electron chi connectivity index (χ3n) is 2.25. The average Bonchev–Trinajstić information content (AvgIpc) is 2.43. The minimum Gasteiger partial charge on any atom is -0.488 e. The Morgan fingerprint density at radius 1 is 1.00 bits per heavy atom. The van der Waals surface area contributed by atoms with Gasteiger partial charge in [0.2, 0.25) is 0 Å². The smallest absolute Gasteiger partial charge is 0.159 e. The van der Waals surface area contributed by atoms with Gasteiger partial charge in [0.15, 0.2) is 5.75 Å². The van der Waals surface area contributed by atoms with Gasteiger partial charge in [0.25, 0.3) is 0 Å². The highest BCUT2D eigenvalue weighted by atomic mass is 35.5. The molecule has 0 aliphatic rings. The second kappa shape index (κ2) is 9.04. The number of hydrogen-bond donors (Lipinski definition) is 1. The fourth-order valence-corrected chi connectivity index (χ4v) is 3.36. The minimum absolute atomic E-state index is 0.0461. The standard InChI is InChI=1S/C12H13Cl5O2S/c1-2-3-20-5-6(18)4-19-12-10(16)8(14)7(13)9(15)11(12)17/h6,18H,2-5H2,1H3. The summed E-state index contributed by atoms with van der Waals surface area (Å²) in [5, 5.41) is 10.2.